The Balaban J connectivity index is 1.06. The Morgan fingerprint density at radius 1 is 0.340 bits per heavy atom. The molecule has 0 aliphatic heterocycles. The maximum Gasteiger partial charge on any atom is -0.00264 e. The molecule has 0 saturated heterocycles. The predicted octanol–water partition coefficient (Wildman–Crippen LogP) is 14.2. The fourth-order valence-corrected chi connectivity index (χ4v) is 8.37. The molecule has 0 radical (unpaired) electrons. The summed E-state index contributed by atoms with van der Waals surface area (Å²) in [7, 11) is 0. The van der Waals surface area contributed by atoms with Gasteiger partial charge in [-0.25, -0.2) is 0 Å². The number of allylic oxidation sites excluding steroid dienone is 4. The Hall–Kier alpha value is -6.24. The molecular formula is C50H34. The van der Waals surface area contributed by atoms with Crippen molar-refractivity contribution in [3.05, 3.63) is 188 Å². The van der Waals surface area contributed by atoms with Crippen molar-refractivity contribution in [2.45, 2.75) is 12.8 Å². The van der Waals surface area contributed by atoms with Gasteiger partial charge in [0.05, 0.1) is 0 Å². The lowest BCUT2D eigenvalue weighted by atomic mass is 9.84. The van der Waals surface area contributed by atoms with Crippen LogP contribution < -0.4 is 0 Å². The Morgan fingerprint density at radius 3 is 1.46 bits per heavy atom. The van der Waals surface area contributed by atoms with Crippen molar-refractivity contribution < 1.29 is 0 Å². The number of benzene rings is 9. The second kappa shape index (κ2) is 11.7. The molecule has 0 heteroatoms. The van der Waals surface area contributed by atoms with Gasteiger partial charge in [-0.3, -0.25) is 0 Å². The molecule has 234 valence electrons. The molecule has 0 spiro atoms. The summed E-state index contributed by atoms with van der Waals surface area (Å²) in [4.78, 5) is 0. The molecule has 1 aliphatic rings. The highest BCUT2D eigenvalue weighted by Crippen LogP contribution is 2.44. The number of hydrogen-bond donors (Lipinski definition) is 0. The molecule has 0 N–H and O–H groups in total. The van der Waals surface area contributed by atoms with E-state index in [9.17, 15) is 0 Å². The fourth-order valence-electron chi connectivity index (χ4n) is 8.37. The lowest BCUT2D eigenvalue weighted by Crippen LogP contribution is -1.95. The van der Waals surface area contributed by atoms with Crippen molar-refractivity contribution in [3.63, 3.8) is 0 Å². The molecular weight excluding hydrogens is 601 g/mol. The maximum absolute atomic E-state index is 2.39. The zero-order valence-corrected chi connectivity index (χ0v) is 27.7. The van der Waals surface area contributed by atoms with Crippen LogP contribution in [-0.4, -0.2) is 0 Å². The standard InChI is InChI=1S/C50H34/c1-2-13-37(14-3-1)49-43-18-8-10-20-45(43)50(46-21-11-9-19-44(46)49)38-28-24-34(25-29-38)33-22-26-36(27-23-33)47-32-48-39-15-5-4-12-35(39)30-31-42(48)40-16-6-7-17-41(40)47/h1-2,4-13,15-32H,3,14H2. The van der Waals surface area contributed by atoms with Crippen molar-refractivity contribution in [1.29, 1.82) is 0 Å². The largest absolute Gasteiger partial charge is 0.0842 e. The van der Waals surface area contributed by atoms with Crippen LogP contribution in [0.4, 0.5) is 0 Å². The van der Waals surface area contributed by atoms with E-state index in [2.05, 4.69) is 182 Å². The van der Waals surface area contributed by atoms with Gasteiger partial charge in [-0.15, -0.1) is 0 Å². The minimum absolute atomic E-state index is 1.07. The topological polar surface area (TPSA) is 0 Å². The van der Waals surface area contributed by atoms with E-state index >= 15 is 0 Å². The van der Waals surface area contributed by atoms with Gasteiger partial charge in [0.25, 0.3) is 0 Å². The Bertz CT molecular complexity index is 2770. The van der Waals surface area contributed by atoms with Gasteiger partial charge in [0, 0.05) is 0 Å². The number of rotatable bonds is 4. The summed E-state index contributed by atoms with van der Waals surface area (Å²) in [6.07, 6.45) is 8.96. The van der Waals surface area contributed by atoms with Crippen molar-refractivity contribution in [2.75, 3.05) is 0 Å². The van der Waals surface area contributed by atoms with E-state index in [0.29, 0.717) is 0 Å². The minimum Gasteiger partial charge on any atom is -0.0842 e. The van der Waals surface area contributed by atoms with E-state index in [1.807, 2.05) is 0 Å². The Labute approximate surface area is 292 Å². The van der Waals surface area contributed by atoms with Gasteiger partial charge < -0.3 is 0 Å². The van der Waals surface area contributed by atoms with Crippen LogP contribution in [0.5, 0.6) is 0 Å². The third-order valence-corrected chi connectivity index (χ3v) is 10.7. The molecule has 0 fully saturated rings. The van der Waals surface area contributed by atoms with Gasteiger partial charge in [0.15, 0.2) is 0 Å². The highest BCUT2D eigenvalue weighted by Gasteiger charge is 2.18. The predicted molar refractivity (Wildman–Crippen MR) is 217 cm³/mol. The first-order valence-electron chi connectivity index (χ1n) is 17.7. The quantitative estimate of drug-likeness (QED) is 0.133. The second-order valence-electron chi connectivity index (χ2n) is 13.5. The average molecular weight is 635 g/mol. The summed E-state index contributed by atoms with van der Waals surface area (Å²) < 4.78 is 0. The van der Waals surface area contributed by atoms with Gasteiger partial charge in [0.1, 0.15) is 0 Å². The molecule has 9 aromatic rings. The molecule has 50 heavy (non-hydrogen) atoms. The van der Waals surface area contributed by atoms with Gasteiger partial charge in [-0.2, -0.15) is 0 Å². The highest BCUT2D eigenvalue weighted by molar-refractivity contribution is 6.21. The first-order chi connectivity index (χ1) is 24.8. The van der Waals surface area contributed by atoms with Crippen molar-refractivity contribution in [1.82, 2.24) is 0 Å². The fraction of sp³-hybridized carbons (Fsp3) is 0.0400. The molecule has 0 aromatic heterocycles. The maximum atomic E-state index is 2.39. The van der Waals surface area contributed by atoms with Crippen LogP contribution in [-0.2, 0) is 0 Å². The summed E-state index contributed by atoms with van der Waals surface area (Å²) >= 11 is 0. The molecule has 0 saturated carbocycles. The molecule has 0 atom stereocenters. The molecule has 0 nitrogen and oxygen atoms in total. The van der Waals surface area contributed by atoms with Gasteiger partial charge in [0.2, 0.25) is 0 Å². The van der Waals surface area contributed by atoms with E-state index in [-0.39, 0.29) is 0 Å². The summed E-state index contributed by atoms with van der Waals surface area (Å²) in [6, 6.07) is 60.7. The monoisotopic (exact) mass is 634 g/mol. The average Bonchev–Trinajstić information content (AvgIpc) is 3.20. The van der Waals surface area contributed by atoms with Crippen LogP contribution >= 0.6 is 0 Å². The zero-order valence-electron chi connectivity index (χ0n) is 27.7. The van der Waals surface area contributed by atoms with Gasteiger partial charge in [-0.05, 0) is 117 Å². The van der Waals surface area contributed by atoms with Crippen molar-refractivity contribution in [3.8, 4) is 33.4 Å². The van der Waals surface area contributed by atoms with Gasteiger partial charge in [-0.1, -0.05) is 176 Å². The summed E-state index contributed by atoms with van der Waals surface area (Å²) in [5.74, 6) is 0. The molecule has 9 aromatic carbocycles. The van der Waals surface area contributed by atoms with E-state index in [4.69, 9.17) is 0 Å². The summed E-state index contributed by atoms with van der Waals surface area (Å²) in [5, 5.41) is 13.0. The summed E-state index contributed by atoms with van der Waals surface area (Å²) in [5.41, 5.74) is 10.3. The lowest BCUT2D eigenvalue weighted by molar-refractivity contribution is 1.06. The first kappa shape index (κ1) is 28.7. The third kappa shape index (κ3) is 4.60. The highest BCUT2D eigenvalue weighted by atomic mass is 14.2. The van der Waals surface area contributed by atoms with E-state index < -0.39 is 0 Å². The van der Waals surface area contributed by atoms with Crippen molar-refractivity contribution >= 4 is 59.4 Å². The molecule has 1 aliphatic carbocycles. The Kier molecular flexibility index (Phi) is 6.74. The third-order valence-electron chi connectivity index (χ3n) is 10.7. The van der Waals surface area contributed by atoms with Crippen LogP contribution in [0.1, 0.15) is 18.4 Å². The first-order valence-corrected chi connectivity index (χ1v) is 17.7. The van der Waals surface area contributed by atoms with Crippen LogP contribution in [0, 0.1) is 0 Å². The normalized spacial score (nSPS) is 13.1. The second-order valence-corrected chi connectivity index (χ2v) is 13.5. The molecule has 0 amide bonds. The number of hydrogen-bond acceptors (Lipinski definition) is 0. The molecule has 0 bridgehead atoms. The van der Waals surface area contributed by atoms with Crippen molar-refractivity contribution in [2.24, 2.45) is 0 Å². The van der Waals surface area contributed by atoms with Gasteiger partial charge >= 0.3 is 0 Å². The minimum atomic E-state index is 1.07. The zero-order chi connectivity index (χ0) is 33.0. The SMILES string of the molecule is C1=CCCC(c2c3ccccc3c(-c3ccc(-c4ccc(-c5cc6c7ccccc7ccc6c6ccccc56)cc4)cc3)c3ccccc23)=C1. The number of fused-ring (bicyclic) bond motifs is 7. The van der Waals surface area contributed by atoms with E-state index in [1.165, 1.54) is 98.4 Å². The summed E-state index contributed by atoms with van der Waals surface area (Å²) in [6.45, 7) is 0. The molecule has 0 heterocycles. The Morgan fingerprint density at radius 2 is 0.840 bits per heavy atom. The lowest BCUT2D eigenvalue weighted by Gasteiger charge is -2.20. The van der Waals surface area contributed by atoms with Crippen LogP contribution in [0.2, 0.25) is 0 Å². The molecule has 0 unspecified atom stereocenters. The van der Waals surface area contributed by atoms with E-state index in [0.717, 1.165) is 12.8 Å². The smallest absolute Gasteiger partial charge is 0.00264 e. The molecule has 10 rings (SSSR count). The van der Waals surface area contributed by atoms with Crippen LogP contribution in [0.25, 0.3) is 92.8 Å². The van der Waals surface area contributed by atoms with Crippen LogP contribution in [0.15, 0.2) is 182 Å². The van der Waals surface area contributed by atoms with E-state index in [1.54, 1.807) is 0 Å². The van der Waals surface area contributed by atoms with Crippen LogP contribution in [0.3, 0.4) is 0 Å².